The molecular formula is C10H17BrO3. The molecule has 0 aromatic rings. The lowest BCUT2D eigenvalue weighted by atomic mass is 10.1. The lowest BCUT2D eigenvalue weighted by Gasteiger charge is -2.21. The van der Waals surface area contributed by atoms with Gasteiger partial charge in [-0.1, -0.05) is 15.9 Å². The summed E-state index contributed by atoms with van der Waals surface area (Å²) < 4.78 is 10.6. The molecule has 1 rings (SSSR count). The lowest BCUT2D eigenvalue weighted by molar-refractivity contribution is -0.142. The molecule has 0 radical (unpaired) electrons. The Hall–Kier alpha value is -0.0900. The predicted molar refractivity (Wildman–Crippen MR) is 57.6 cm³/mol. The van der Waals surface area contributed by atoms with Crippen LogP contribution in [-0.2, 0) is 14.3 Å². The Bertz CT molecular complexity index is 198. The summed E-state index contributed by atoms with van der Waals surface area (Å²) in [6.45, 7) is 5.27. The Morgan fingerprint density at radius 1 is 1.57 bits per heavy atom. The summed E-state index contributed by atoms with van der Waals surface area (Å²) in [7, 11) is 0. The van der Waals surface area contributed by atoms with Crippen molar-refractivity contribution in [1.82, 2.24) is 0 Å². The molecule has 1 aliphatic rings. The number of alkyl halides is 1. The van der Waals surface area contributed by atoms with Gasteiger partial charge in [-0.25, -0.2) is 0 Å². The number of carbonyl (C=O) groups excluding carboxylic acids is 1. The van der Waals surface area contributed by atoms with Gasteiger partial charge in [0.15, 0.2) is 0 Å². The van der Waals surface area contributed by atoms with Gasteiger partial charge in [0.2, 0.25) is 0 Å². The van der Waals surface area contributed by atoms with Crippen LogP contribution in [0.15, 0.2) is 0 Å². The molecule has 1 heterocycles. The Morgan fingerprint density at radius 2 is 2.29 bits per heavy atom. The molecule has 1 atom stereocenters. The van der Waals surface area contributed by atoms with Crippen molar-refractivity contribution in [2.45, 2.75) is 43.5 Å². The highest BCUT2D eigenvalue weighted by Crippen LogP contribution is 2.20. The van der Waals surface area contributed by atoms with E-state index in [0.29, 0.717) is 19.6 Å². The smallest absolute Gasteiger partial charge is 0.305 e. The molecule has 0 amide bonds. The largest absolute Gasteiger partial charge is 0.466 e. The fourth-order valence-corrected chi connectivity index (χ4v) is 1.41. The van der Waals surface area contributed by atoms with E-state index in [4.69, 9.17) is 9.47 Å². The second kappa shape index (κ2) is 5.12. The molecule has 1 fully saturated rings. The van der Waals surface area contributed by atoms with Crippen LogP contribution >= 0.6 is 15.9 Å². The average molecular weight is 265 g/mol. The standard InChI is InChI=1S/C10H17BrO3/c1-10(2,11)7-14-8-3-4-9(12)13-6-5-8/h8H,3-7H2,1-2H3. The van der Waals surface area contributed by atoms with Gasteiger partial charge in [-0.2, -0.15) is 0 Å². The van der Waals surface area contributed by atoms with Crippen LogP contribution in [0.25, 0.3) is 0 Å². The van der Waals surface area contributed by atoms with Crippen LogP contribution in [-0.4, -0.2) is 29.6 Å². The fraction of sp³-hybridized carbons (Fsp3) is 0.900. The predicted octanol–water partition coefficient (Wildman–Crippen LogP) is 2.27. The van der Waals surface area contributed by atoms with E-state index in [9.17, 15) is 4.79 Å². The van der Waals surface area contributed by atoms with Crippen molar-refractivity contribution in [3.8, 4) is 0 Å². The third-order valence-corrected chi connectivity index (χ3v) is 2.26. The maximum Gasteiger partial charge on any atom is 0.305 e. The van der Waals surface area contributed by atoms with Crippen LogP contribution in [0.3, 0.4) is 0 Å². The highest BCUT2D eigenvalue weighted by atomic mass is 79.9. The van der Waals surface area contributed by atoms with E-state index in [-0.39, 0.29) is 16.4 Å². The van der Waals surface area contributed by atoms with Crippen LogP contribution in [0.5, 0.6) is 0 Å². The van der Waals surface area contributed by atoms with Crippen LogP contribution in [0.1, 0.15) is 33.1 Å². The van der Waals surface area contributed by atoms with Gasteiger partial charge in [-0.05, 0) is 20.3 Å². The maximum absolute atomic E-state index is 10.9. The van der Waals surface area contributed by atoms with Crippen molar-refractivity contribution in [3.05, 3.63) is 0 Å². The molecular weight excluding hydrogens is 248 g/mol. The molecule has 0 saturated carbocycles. The number of rotatable bonds is 3. The summed E-state index contributed by atoms with van der Waals surface area (Å²) in [5.74, 6) is -0.103. The van der Waals surface area contributed by atoms with Gasteiger partial charge < -0.3 is 9.47 Å². The monoisotopic (exact) mass is 264 g/mol. The first-order valence-corrected chi connectivity index (χ1v) is 5.73. The first-order valence-electron chi connectivity index (χ1n) is 4.93. The molecule has 1 aliphatic heterocycles. The summed E-state index contributed by atoms with van der Waals surface area (Å²) in [6.07, 6.45) is 2.24. The third-order valence-electron chi connectivity index (χ3n) is 2.04. The number of cyclic esters (lactones) is 1. The minimum absolute atomic E-state index is 0.00414. The first kappa shape index (κ1) is 12.0. The minimum atomic E-state index is -0.103. The lowest BCUT2D eigenvalue weighted by Crippen LogP contribution is -2.24. The van der Waals surface area contributed by atoms with E-state index < -0.39 is 0 Å². The number of ether oxygens (including phenoxy) is 2. The summed E-state index contributed by atoms with van der Waals surface area (Å²) in [6, 6.07) is 0. The van der Waals surface area contributed by atoms with E-state index in [1.807, 2.05) is 0 Å². The summed E-state index contributed by atoms with van der Waals surface area (Å²) in [5.41, 5.74) is 0. The number of hydrogen-bond donors (Lipinski definition) is 0. The van der Waals surface area contributed by atoms with E-state index in [2.05, 4.69) is 29.8 Å². The molecule has 3 nitrogen and oxygen atoms in total. The Labute approximate surface area is 93.3 Å². The molecule has 0 aromatic carbocycles. The fourth-order valence-electron chi connectivity index (χ4n) is 1.28. The van der Waals surface area contributed by atoms with Crippen LogP contribution in [0.4, 0.5) is 0 Å². The SMILES string of the molecule is CC(C)(Br)COC1CCOC(=O)CC1. The third kappa shape index (κ3) is 4.96. The topological polar surface area (TPSA) is 35.5 Å². The second-order valence-electron chi connectivity index (χ2n) is 4.20. The summed E-state index contributed by atoms with van der Waals surface area (Å²) in [5, 5.41) is 0. The Morgan fingerprint density at radius 3 is 2.93 bits per heavy atom. The molecule has 1 unspecified atom stereocenters. The molecule has 0 spiro atoms. The summed E-state index contributed by atoms with van der Waals surface area (Å²) >= 11 is 3.51. The number of hydrogen-bond acceptors (Lipinski definition) is 3. The zero-order valence-electron chi connectivity index (χ0n) is 8.72. The van der Waals surface area contributed by atoms with Gasteiger partial charge in [-0.3, -0.25) is 4.79 Å². The van der Waals surface area contributed by atoms with Crippen LogP contribution < -0.4 is 0 Å². The second-order valence-corrected chi connectivity index (χ2v) is 6.35. The molecule has 0 N–H and O–H groups in total. The zero-order valence-corrected chi connectivity index (χ0v) is 10.3. The van der Waals surface area contributed by atoms with Gasteiger partial charge >= 0.3 is 5.97 Å². The maximum atomic E-state index is 10.9. The molecule has 0 aromatic heterocycles. The van der Waals surface area contributed by atoms with E-state index in [1.54, 1.807) is 0 Å². The summed E-state index contributed by atoms with van der Waals surface area (Å²) in [4.78, 5) is 10.9. The highest BCUT2D eigenvalue weighted by Gasteiger charge is 2.20. The number of halogens is 1. The molecule has 1 saturated heterocycles. The molecule has 82 valence electrons. The van der Waals surface area contributed by atoms with Crippen molar-refractivity contribution in [2.24, 2.45) is 0 Å². The van der Waals surface area contributed by atoms with Crippen molar-refractivity contribution < 1.29 is 14.3 Å². The molecule has 0 bridgehead atoms. The Balaban J connectivity index is 2.27. The van der Waals surface area contributed by atoms with Crippen molar-refractivity contribution in [2.75, 3.05) is 13.2 Å². The highest BCUT2D eigenvalue weighted by molar-refractivity contribution is 9.10. The number of carbonyl (C=O) groups is 1. The van der Waals surface area contributed by atoms with E-state index >= 15 is 0 Å². The van der Waals surface area contributed by atoms with Gasteiger partial charge in [0.25, 0.3) is 0 Å². The van der Waals surface area contributed by atoms with Crippen molar-refractivity contribution in [1.29, 1.82) is 0 Å². The van der Waals surface area contributed by atoms with Crippen molar-refractivity contribution >= 4 is 21.9 Å². The molecule has 4 heteroatoms. The van der Waals surface area contributed by atoms with Crippen LogP contribution in [0.2, 0.25) is 0 Å². The van der Waals surface area contributed by atoms with Gasteiger partial charge in [0.05, 0.1) is 19.3 Å². The minimum Gasteiger partial charge on any atom is -0.466 e. The van der Waals surface area contributed by atoms with Crippen LogP contribution in [0, 0.1) is 0 Å². The van der Waals surface area contributed by atoms with E-state index in [1.165, 1.54) is 0 Å². The Kier molecular flexibility index (Phi) is 4.38. The van der Waals surface area contributed by atoms with Gasteiger partial charge in [0.1, 0.15) is 0 Å². The molecule has 0 aliphatic carbocycles. The van der Waals surface area contributed by atoms with Gasteiger partial charge in [-0.15, -0.1) is 0 Å². The quantitative estimate of drug-likeness (QED) is 0.580. The normalized spacial score (nSPS) is 24.2. The average Bonchev–Trinajstić information content (AvgIpc) is 2.25. The number of esters is 1. The molecule has 14 heavy (non-hydrogen) atoms. The van der Waals surface area contributed by atoms with E-state index in [0.717, 1.165) is 12.8 Å². The van der Waals surface area contributed by atoms with Gasteiger partial charge in [0, 0.05) is 17.2 Å². The van der Waals surface area contributed by atoms with Crippen molar-refractivity contribution in [3.63, 3.8) is 0 Å². The first-order chi connectivity index (χ1) is 6.47. The zero-order chi connectivity index (χ0) is 10.6.